The van der Waals surface area contributed by atoms with Crippen LogP contribution >= 0.6 is 11.6 Å². The second-order valence-electron chi connectivity index (χ2n) is 3.99. The Balaban J connectivity index is 2.13. The molecule has 3 nitrogen and oxygen atoms in total. The Morgan fingerprint density at radius 3 is 2.83 bits per heavy atom. The summed E-state index contributed by atoms with van der Waals surface area (Å²) in [6, 6.07) is 12.8. The molecule has 0 atom stereocenters. The molecule has 1 heterocycles. The lowest BCUT2D eigenvalue weighted by Gasteiger charge is -1.94. The quantitative estimate of drug-likeness (QED) is 0.764. The highest BCUT2D eigenvalue weighted by Crippen LogP contribution is 2.26. The van der Waals surface area contributed by atoms with Gasteiger partial charge in [-0.25, -0.2) is 4.98 Å². The van der Waals surface area contributed by atoms with Gasteiger partial charge in [-0.05, 0) is 35.9 Å². The van der Waals surface area contributed by atoms with Crippen molar-refractivity contribution in [2.75, 3.05) is 0 Å². The van der Waals surface area contributed by atoms with Crippen molar-refractivity contribution in [1.29, 1.82) is 0 Å². The summed E-state index contributed by atoms with van der Waals surface area (Å²) in [6.45, 7) is -0.0108. The summed E-state index contributed by atoms with van der Waals surface area (Å²) in [7, 11) is 0. The molecule has 1 aromatic heterocycles. The minimum Gasteiger partial charge on any atom is -0.436 e. The van der Waals surface area contributed by atoms with Gasteiger partial charge >= 0.3 is 0 Å². The van der Waals surface area contributed by atoms with Gasteiger partial charge in [0.25, 0.3) is 0 Å². The highest BCUT2D eigenvalue weighted by atomic mass is 35.5. The molecule has 0 bridgehead atoms. The van der Waals surface area contributed by atoms with Crippen LogP contribution in [-0.2, 0) is 6.61 Å². The molecular formula is C14H10ClNO2. The molecule has 0 spiro atoms. The first kappa shape index (κ1) is 11.3. The predicted molar refractivity (Wildman–Crippen MR) is 70.4 cm³/mol. The van der Waals surface area contributed by atoms with Crippen LogP contribution in [0.25, 0.3) is 22.6 Å². The summed E-state index contributed by atoms with van der Waals surface area (Å²) in [5.74, 6) is 0.530. The van der Waals surface area contributed by atoms with Gasteiger partial charge < -0.3 is 9.52 Å². The zero-order valence-electron chi connectivity index (χ0n) is 9.43. The topological polar surface area (TPSA) is 46.3 Å². The molecule has 0 fully saturated rings. The van der Waals surface area contributed by atoms with E-state index in [2.05, 4.69) is 4.98 Å². The highest BCUT2D eigenvalue weighted by Gasteiger charge is 2.08. The average Bonchev–Trinajstić information content (AvgIpc) is 2.81. The Bertz CT molecular complexity index is 706. The zero-order valence-corrected chi connectivity index (χ0v) is 10.2. The SMILES string of the molecule is OCc1ccc2nc(-c3cccc(Cl)c3)oc2c1. The van der Waals surface area contributed by atoms with Gasteiger partial charge in [-0.2, -0.15) is 0 Å². The fourth-order valence-corrected chi connectivity index (χ4v) is 2.00. The van der Waals surface area contributed by atoms with Gasteiger partial charge in [0.2, 0.25) is 5.89 Å². The number of hydrogen-bond acceptors (Lipinski definition) is 3. The van der Waals surface area contributed by atoms with Crippen molar-refractivity contribution >= 4 is 22.7 Å². The van der Waals surface area contributed by atoms with E-state index in [1.807, 2.05) is 24.3 Å². The molecule has 0 amide bonds. The average molecular weight is 260 g/mol. The van der Waals surface area contributed by atoms with Crippen LogP contribution < -0.4 is 0 Å². The molecule has 3 aromatic rings. The van der Waals surface area contributed by atoms with Gasteiger partial charge in [-0.1, -0.05) is 23.7 Å². The maximum Gasteiger partial charge on any atom is 0.227 e. The second kappa shape index (κ2) is 4.44. The Morgan fingerprint density at radius 1 is 1.17 bits per heavy atom. The number of halogens is 1. The third-order valence-electron chi connectivity index (χ3n) is 2.71. The summed E-state index contributed by atoms with van der Waals surface area (Å²) < 4.78 is 5.67. The number of aliphatic hydroxyl groups is 1. The molecule has 0 aliphatic carbocycles. The number of nitrogens with zero attached hydrogens (tertiary/aromatic N) is 1. The minimum absolute atomic E-state index is 0.0108. The zero-order chi connectivity index (χ0) is 12.5. The van der Waals surface area contributed by atoms with Crippen LogP contribution in [0.4, 0.5) is 0 Å². The van der Waals surface area contributed by atoms with Gasteiger partial charge in [-0.15, -0.1) is 0 Å². The van der Waals surface area contributed by atoms with E-state index in [4.69, 9.17) is 21.1 Å². The van der Waals surface area contributed by atoms with Crippen molar-refractivity contribution in [2.45, 2.75) is 6.61 Å². The van der Waals surface area contributed by atoms with E-state index in [1.165, 1.54) is 0 Å². The first-order chi connectivity index (χ1) is 8.76. The van der Waals surface area contributed by atoms with Crippen molar-refractivity contribution in [2.24, 2.45) is 0 Å². The number of aliphatic hydroxyl groups excluding tert-OH is 1. The largest absolute Gasteiger partial charge is 0.436 e. The first-order valence-corrected chi connectivity index (χ1v) is 5.90. The third-order valence-corrected chi connectivity index (χ3v) is 2.94. The molecule has 0 aliphatic rings. The van der Waals surface area contributed by atoms with E-state index in [-0.39, 0.29) is 6.61 Å². The van der Waals surface area contributed by atoms with Gasteiger partial charge in [0.1, 0.15) is 5.52 Å². The van der Waals surface area contributed by atoms with Crippen molar-refractivity contribution in [3.63, 3.8) is 0 Å². The number of fused-ring (bicyclic) bond motifs is 1. The molecule has 0 radical (unpaired) electrons. The van der Waals surface area contributed by atoms with Gasteiger partial charge in [0.05, 0.1) is 6.61 Å². The van der Waals surface area contributed by atoms with Crippen molar-refractivity contribution in [3.05, 3.63) is 53.1 Å². The Labute approximate surface area is 109 Å². The van der Waals surface area contributed by atoms with Crippen LogP contribution in [0.5, 0.6) is 0 Å². The molecule has 4 heteroatoms. The van der Waals surface area contributed by atoms with E-state index < -0.39 is 0 Å². The molecule has 0 saturated carbocycles. The fourth-order valence-electron chi connectivity index (χ4n) is 1.81. The van der Waals surface area contributed by atoms with Gasteiger partial charge in [0, 0.05) is 10.6 Å². The van der Waals surface area contributed by atoms with E-state index in [0.717, 1.165) is 16.6 Å². The lowest BCUT2D eigenvalue weighted by molar-refractivity contribution is 0.282. The third kappa shape index (κ3) is 1.98. The van der Waals surface area contributed by atoms with Crippen molar-refractivity contribution in [1.82, 2.24) is 4.98 Å². The molecular weight excluding hydrogens is 250 g/mol. The number of benzene rings is 2. The lowest BCUT2D eigenvalue weighted by atomic mass is 10.2. The van der Waals surface area contributed by atoms with E-state index in [1.54, 1.807) is 18.2 Å². The van der Waals surface area contributed by atoms with Gasteiger partial charge in [-0.3, -0.25) is 0 Å². The van der Waals surface area contributed by atoms with Crippen LogP contribution in [0.1, 0.15) is 5.56 Å². The maximum absolute atomic E-state index is 9.08. The molecule has 1 N–H and O–H groups in total. The van der Waals surface area contributed by atoms with Crippen LogP contribution in [0.3, 0.4) is 0 Å². The summed E-state index contributed by atoms with van der Waals surface area (Å²) in [4.78, 5) is 4.39. The predicted octanol–water partition coefficient (Wildman–Crippen LogP) is 3.64. The smallest absolute Gasteiger partial charge is 0.227 e. The Hall–Kier alpha value is -1.84. The van der Waals surface area contributed by atoms with Crippen molar-refractivity contribution in [3.8, 4) is 11.5 Å². The number of rotatable bonds is 2. The Kier molecular flexibility index (Phi) is 2.78. The normalized spacial score (nSPS) is 11.0. The molecule has 18 heavy (non-hydrogen) atoms. The van der Waals surface area contributed by atoms with E-state index >= 15 is 0 Å². The van der Waals surface area contributed by atoms with Crippen molar-refractivity contribution < 1.29 is 9.52 Å². The summed E-state index contributed by atoms with van der Waals surface area (Å²) in [6.07, 6.45) is 0. The number of hydrogen-bond donors (Lipinski definition) is 1. The standard InChI is InChI=1S/C14H10ClNO2/c15-11-3-1-2-10(7-11)14-16-12-5-4-9(8-17)6-13(12)18-14/h1-7,17H,8H2. The maximum atomic E-state index is 9.08. The minimum atomic E-state index is -0.0108. The highest BCUT2D eigenvalue weighted by molar-refractivity contribution is 6.30. The van der Waals surface area contributed by atoms with Crippen LogP contribution in [0.15, 0.2) is 46.9 Å². The van der Waals surface area contributed by atoms with Crippen LogP contribution in [0, 0.1) is 0 Å². The van der Waals surface area contributed by atoms with E-state index in [9.17, 15) is 0 Å². The second-order valence-corrected chi connectivity index (χ2v) is 4.43. The summed E-state index contributed by atoms with van der Waals surface area (Å²) in [5.41, 5.74) is 3.07. The molecule has 0 unspecified atom stereocenters. The Morgan fingerprint density at radius 2 is 2.06 bits per heavy atom. The summed E-state index contributed by atoms with van der Waals surface area (Å²) >= 11 is 5.94. The molecule has 3 rings (SSSR count). The fraction of sp³-hybridized carbons (Fsp3) is 0.0714. The first-order valence-electron chi connectivity index (χ1n) is 5.52. The number of oxazole rings is 1. The van der Waals surface area contributed by atoms with Crippen LogP contribution in [-0.4, -0.2) is 10.1 Å². The molecule has 0 aliphatic heterocycles. The van der Waals surface area contributed by atoms with Crippen LogP contribution in [0.2, 0.25) is 5.02 Å². The molecule has 0 saturated heterocycles. The van der Waals surface area contributed by atoms with Gasteiger partial charge in [0.15, 0.2) is 5.58 Å². The monoisotopic (exact) mass is 259 g/mol. The van der Waals surface area contributed by atoms with E-state index in [0.29, 0.717) is 16.5 Å². The number of aromatic nitrogens is 1. The molecule has 2 aromatic carbocycles. The lowest BCUT2D eigenvalue weighted by Crippen LogP contribution is -1.80. The summed E-state index contributed by atoms with van der Waals surface area (Å²) in [5, 5.41) is 9.72. The molecule has 90 valence electrons.